The van der Waals surface area contributed by atoms with Crippen LogP contribution in [-0.4, -0.2) is 41.1 Å². The highest BCUT2D eigenvalue weighted by Crippen LogP contribution is 2.44. The molecule has 0 saturated heterocycles. The molecule has 1 aromatic heterocycles. The Hall–Kier alpha value is -2.54. The van der Waals surface area contributed by atoms with Gasteiger partial charge < -0.3 is 19.7 Å². The number of H-pyrrole nitrogens is 2. The summed E-state index contributed by atoms with van der Waals surface area (Å²) in [5, 5.41) is 16.2. The normalized spacial score (nSPS) is 25.8. The standard InChI is InChI=1S/C17H20N2O5/c1-17(22)8-11-13(15(20)19-18-11)12(14(17)16(21)24-3)9-5-4-6-10(7-9)23-2/h4-7,12,14,22H,8H2,1-3H3,(H2,18,19,20)/t12-,14-,17-/m1/s1. The number of hydrogen-bond acceptors (Lipinski definition) is 5. The smallest absolute Gasteiger partial charge is 0.312 e. The van der Waals surface area contributed by atoms with Crippen LogP contribution in [0.3, 0.4) is 0 Å². The summed E-state index contributed by atoms with van der Waals surface area (Å²) in [5.74, 6) is -1.49. The molecule has 128 valence electrons. The lowest BCUT2D eigenvalue weighted by molar-refractivity contribution is -0.156. The molecular weight excluding hydrogens is 312 g/mol. The molecule has 7 heteroatoms. The summed E-state index contributed by atoms with van der Waals surface area (Å²) in [6.45, 7) is 1.58. The number of esters is 1. The Labute approximate surface area is 138 Å². The predicted octanol–water partition coefficient (Wildman–Crippen LogP) is 0.940. The quantitative estimate of drug-likeness (QED) is 0.726. The highest BCUT2D eigenvalue weighted by Gasteiger charge is 2.51. The Balaban J connectivity index is 2.25. The molecule has 1 aliphatic rings. The fraction of sp³-hybridized carbons (Fsp3) is 0.412. The molecule has 0 bridgehead atoms. The molecule has 3 rings (SSSR count). The first-order chi connectivity index (χ1) is 11.4. The number of benzene rings is 1. The van der Waals surface area contributed by atoms with Gasteiger partial charge in [-0.3, -0.25) is 14.7 Å². The summed E-state index contributed by atoms with van der Waals surface area (Å²) in [5.41, 5.74) is 0.0837. The van der Waals surface area contributed by atoms with Crippen LogP contribution in [0.5, 0.6) is 5.75 Å². The molecule has 1 aromatic carbocycles. The van der Waals surface area contributed by atoms with Crippen LogP contribution >= 0.6 is 0 Å². The van der Waals surface area contributed by atoms with E-state index < -0.39 is 23.4 Å². The first kappa shape index (κ1) is 16.3. The lowest BCUT2D eigenvalue weighted by Gasteiger charge is -2.40. The summed E-state index contributed by atoms with van der Waals surface area (Å²) < 4.78 is 10.2. The lowest BCUT2D eigenvalue weighted by atomic mass is 9.66. The van der Waals surface area contributed by atoms with E-state index in [-0.39, 0.29) is 12.0 Å². The molecule has 24 heavy (non-hydrogen) atoms. The van der Waals surface area contributed by atoms with Gasteiger partial charge in [0.25, 0.3) is 5.56 Å². The van der Waals surface area contributed by atoms with Crippen LogP contribution in [0.4, 0.5) is 0 Å². The average Bonchev–Trinajstić information content (AvgIpc) is 2.92. The average molecular weight is 332 g/mol. The second-order valence-electron chi connectivity index (χ2n) is 6.26. The number of nitrogens with one attached hydrogen (secondary N) is 2. The fourth-order valence-electron chi connectivity index (χ4n) is 3.58. The molecule has 3 atom stereocenters. The number of ether oxygens (including phenoxy) is 2. The Kier molecular flexibility index (Phi) is 3.96. The summed E-state index contributed by atoms with van der Waals surface area (Å²) in [6, 6.07) is 7.13. The van der Waals surface area contributed by atoms with E-state index in [1.54, 1.807) is 38.3 Å². The van der Waals surface area contributed by atoms with Gasteiger partial charge in [0.15, 0.2) is 0 Å². The van der Waals surface area contributed by atoms with Gasteiger partial charge >= 0.3 is 5.97 Å². The van der Waals surface area contributed by atoms with Gasteiger partial charge in [-0.1, -0.05) is 12.1 Å². The highest BCUT2D eigenvalue weighted by atomic mass is 16.5. The van der Waals surface area contributed by atoms with Crippen molar-refractivity contribution in [3.63, 3.8) is 0 Å². The van der Waals surface area contributed by atoms with E-state index in [2.05, 4.69) is 10.2 Å². The number of aliphatic hydroxyl groups is 1. The lowest BCUT2D eigenvalue weighted by Crippen LogP contribution is -2.49. The van der Waals surface area contributed by atoms with Crippen molar-refractivity contribution < 1.29 is 19.4 Å². The summed E-state index contributed by atoms with van der Waals surface area (Å²) >= 11 is 0. The van der Waals surface area contributed by atoms with E-state index in [1.807, 2.05) is 0 Å². The molecule has 0 spiro atoms. The SMILES string of the molecule is COC(=O)[C@H]1[C@H](c2cccc(OC)c2)c2c([nH][nH]c2=O)C[C@@]1(C)O. The van der Waals surface area contributed by atoms with Gasteiger partial charge in [0.1, 0.15) is 5.75 Å². The second-order valence-corrected chi connectivity index (χ2v) is 6.26. The van der Waals surface area contributed by atoms with Crippen molar-refractivity contribution in [2.75, 3.05) is 14.2 Å². The monoisotopic (exact) mass is 332 g/mol. The predicted molar refractivity (Wildman–Crippen MR) is 86.1 cm³/mol. The second kappa shape index (κ2) is 5.83. The minimum absolute atomic E-state index is 0.154. The molecule has 0 saturated carbocycles. The number of hydrogen-bond donors (Lipinski definition) is 3. The van der Waals surface area contributed by atoms with Gasteiger partial charge in [-0.15, -0.1) is 0 Å². The summed E-state index contributed by atoms with van der Waals surface area (Å²) in [7, 11) is 2.82. The van der Waals surface area contributed by atoms with E-state index in [9.17, 15) is 14.7 Å². The first-order valence-corrected chi connectivity index (χ1v) is 7.62. The van der Waals surface area contributed by atoms with Gasteiger partial charge in [-0.05, 0) is 24.6 Å². The van der Waals surface area contributed by atoms with E-state index in [1.165, 1.54) is 7.11 Å². The third-order valence-corrected chi connectivity index (χ3v) is 4.65. The van der Waals surface area contributed by atoms with Crippen molar-refractivity contribution in [2.24, 2.45) is 5.92 Å². The third-order valence-electron chi connectivity index (χ3n) is 4.65. The Bertz CT molecular complexity index is 820. The molecule has 0 amide bonds. The number of methoxy groups -OCH3 is 2. The van der Waals surface area contributed by atoms with Gasteiger partial charge in [-0.2, -0.15) is 0 Å². The zero-order valence-electron chi connectivity index (χ0n) is 13.8. The topological polar surface area (TPSA) is 104 Å². The molecule has 7 nitrogen and oxygen atoms in total. The van der Waals surface area contributed by atoms with E-state index in [0.717, 1.165) is 0 Å². The van der Waals surface area contributed by atoms with E-state index in [0.29, 0.717) is 22.6 Å². The van der Waals surface area contributed by atoms with Gasteiger partial charge in [0.05, 0.1) is 25.7 Å². The largest absolute Gasteiger partial charge is 0.497 e. The summed E-state index contributed by atoms with van der Waals surface area (Å²) in [4.78, 5) is 24.7. The number of aromatic amines is 2. The van der Waals surface area contributed by atoms with Crippen molar-refractivity contribution in [1.82, 2.24) is 10.2 Å². The Morgan fingerprint density at radius 3 is 2.75 bits per heavy atom. The first-order valence-electron chi connectivity index (χ1n) is 7.62. The maximum atomic E-state index is 12.4. The molecule has 3 N–H and O–H groups in total. The fourth-order valence-corrected chi connectivity index (χ4v) is 3.58. The minimum atomic E-state index is -1.36. The van der Waals surface area contributed by atoms with Crippen molar-refractivity contribution in [1.29, 1.82) is 0 Å². The minimum Gasteiger partial charge on any atom is -0.497 e. The van der Waals surface area contributed by atoms with Crippen LogP contribution in [0.25, 0.3) is 0 Å². The van der Waals surface area contributed by atoms with Gasteiger partial charge in [-0.25, -0.2) is 0 Å². The number of carbonyl (C=O) groups excluding carboxylic acids is 1. The van der Waals surface area contributed by atoms with E-state index in [4.69, 9.17) is 9.47 Å². The molecule has 0 radical (unpaired) electrons. The molecule has 0 aliphatic heterocycles. The molecule has 2 aromatic rings. The molecule has 0 fully saturated rings. The van der Waals surface area contributed by atoms with Crippen LogP contribution in [0.1, 0.15) is 29.7 Å². The third kappa shape index (κ3) is 2.50. The molecule has 1 heterocycles. The zero-order valence-corrected chi connectivity index (χ0v) is 13.8. The molecular formula is C17H20N2O5. The number of carbonyl (C=O) groups is 1. The van der Waals surface area contributed by atoms with Crippen LogP contribution < -0.4 is 10.3 Å². The summed E-state index contributed by atoms with van der Waals surface area (Å²) in [6.07, 6.45) is 0.154. The van der Waals surface area contributed by atoms with Crippen LogP contribution in [0.2, 0.25) is 0 Å². The van der Waals surface area contributed by atoms with Crippen LogP contribution in [0.15, 0.2) is 29.1 Å². The molecule has 1 aliphatic carbocycles. The van der Waals surface area contributed by atoms with Gasteiger partial charge in [0.2, 0.25) is 0 Å². The zero-order chi connectivity index (χ0) is 17.5. The maximum Gasteiger partial charge on any atom is 0.312 e. The maximum absolute atomic E-state index is 12.4. The van der Waals surface area contributed by atoms with Crippen LogP contribution in [0, 0.1) is 5.92 Å². The Morgan fingerprint density at radius 1 is 1.33 bits per heavy atom. The number of rotatable bonds is 3. The highest BCUT2D eigenvalue weighted by molar-refractivity contribution is 5.77. The van der Waals surface area contributed by atoms with Crippen molar-refractivity contribution >= 4 is 5.97 Å². The van der Waals surface area contributed by atoms with E-state index >= 15 is 0 Å². The van der Waals surface area contributed by atoms with Crippen molar-refractivity contribution in [3.05, 3.63) is 51.4 Å². The van der Waals surface area contributed by atoms with Crippen molar-refractivity contribution in [2.45, 2.75) is 24.9 Å². The van der Waals surface area contributed by atoms with Crippen LogP contribution in [-0.2, 0) is 16.0 Å². The molecule has 0 unspecified atom stereocenters. The number of aromatic nitrogens is 2. The number of fused-ring (bicyclic) bond motifs is 1. The van der Waals surface area contributed by atoms with Crippen molar-refractivity contribution in [3.8, 4) is 5.75 Å². The van der Waals surface area contributed by atoms with Gasteiger partial charge in [0, 0.05) is 23.6 Å². The Morgan fingerprint density at radius 2 is 2.08 bits per heavy atom.